The molecular formula is C34H47N5O5. The summed E-state index contributed by atoms with van der Waals surface area (Å²) in [5.41, 5.74) is 2.14. The fourth-order valence-electron chi connectivity index (χ4n) is 6.93. The number of benzene rings is 1. The first-order valence-electron chi connectivity index (χ1n) is 15.7. The number of piperidine rings is 1. The van der Waals surface area contributed by atoms with Crippen molar-refractivity contribution in [3.8, 4) is 0 Å². The van der Waals surface area contributed by atoms with Crippen molar-refractivity contribution in [2.24, 2.45) is 23.2 Å². The van der Waals surface area contributed by atoms with E-state index in [1.807, 2.05) is 38.1 Å². The fraction of sp³-hybridized carbons (Fsp3) is 0.559. The summed E-state index contributed by atoms with van der Waals surface area (Å²) in [7, 11) is 0. The van der Waals surface area contributed by atoms with Gasteiger partial charge in [-0.05, 0) is 73.3 Å². The molecule has 44 heavy (non-hydrogen) atoms. The predicted octanol–water partition coefficient (Wildman–Crippen LogP) is 2.67. The van der Waals surface area contributed by atoms with Crippen LogP contribution in [0.3, 0.4) is 0 Å². The van der Waals surface area contributed by atoms with Gasteiger partial charge in [-0.1, -0.05) is 57.2 Å². The van der Waals surface area contributed by atoms with Gasteiger partial charge in [-0.15, -0.1) is 13.2 Å². The lowest BCUT2D eigenvalue weighted by atomic mass is 9.93. The Morgan fingerprint density at radius 2 is 1.68 bits per heavy atom. The monoisotopic (exact) mass is 605 g/mol. The van der Waals surface area contributed by atoms with Crippen LogP contribution in [-0.2, 0) is 32.0 Å². The summed E-state index contributed by atoms with van der Waals surface area (Å²) < 4.78 is 0. The lowest BCUT2D eigenvalue weighted by Crippen LogP contribution is -2.60. The van der Waals surface area contributed by atoms with Crippen molar-refractivity contribution in [2.45, 2.75) is 84.0 Å². The number of allylic oxidation sites excluding steroid dienone is 1. The lowest BCUT2D eigenvalue weighted by Gasteiger charge is -2.35. The molecule has 0 bridgehead atoms. The maximum absolute atomic E-state index is 14.4. The Labute approximate surface area is 260 Å². The van der Waals surface area contributed by atoms with Gasteiger partial charge in [-0.2, -0.15) is 0 Å². The molecule has 3 aliphatic rings. The van der Waals surface area contributed by atoms with Crippen molar-refractivity contribution < 1.29 is 24.0 Å². The fourth-order valence-corrected chi connectivity index (χ4v) is 6.93. The third kappa shape index (κ3) is 6.89. The van der Waals surface area contributed by atoms with Crippen LogP contribution < -0.4 is 21.3 Å². The molecule has 4 rings (SSSR count). The number of amides is 5. The molecular weight excluding hydrogens is 558 g/mol. The number of fused-ring (bicyclic) bond motifs is 2. The zero-order valence-electron chi connectivity index (χ0n) is 26.4. The van der Waals surface area contributed by atoms with E-state index >= 15 is 0 Å². The van der Waals surface area contributed by atoms with Gasteiger partial charge < -0.3 is 26.2 Å². The van der Waals surface area contributed by atoms with E-state index < -0.39 is 41.8 Å². The van der Waals surface area contributed by atoms with Crippen molar-refractivity contribution in [3.05, 3.63) is 60.7 Å². The second-order valence-electron chi connectivity index (χ2n) is 13.0. The van der Waals surface area contributed by atoms with Gasteiger partial charge in [0, 0.05) is 19.1 Å². The van der Waals surface area contributed by atoms with Gasteiger partial charge in [0.1, 0.15) is 12.1 Å². The molecule has 1 aromatic rings. The van der Waals surface area contributed by atoms with E-state index in [-0.39, 0.29) is 48.1 Å². The average molecular weight is 606 g/mol. The molecule has 1 saturated carbocycles. The summed E-state index contributed by atoms with van der Waals surface area (Å²) in [6, 6.07) is 4.81. The van der Waals surface area contributed by atoms with E-state index in [9.17, 15) is 24.0 Å². The van der Waals surface area contributed by atoms with Crippen molar-refractivity contribution >= 4 is 29.5 Å². The molecule has 2 fully saturated rings. The Hall–Kier alpha value is -3.95. The molecule has 0 aromatic heterocycles. The minimum atomic E-state index is -1.07. The number of Topliss-reactive ketones (excluding diaryl/α,β-unsaturated/α-hetero) is 1. The smallest absolute Gasteiger partial charge is 0.315 e. The topological polar surface area (TPSA) is 137 Å². The van der Waals surface area contributed by atoms with Crippen molar-refractivity contribution in [3.63, 3.8) is 0 Å². The number of nitrogens with zero attached hydrogens (tertiary/aromatic N) is 1. The lowest BCUT2D eigenvalue weighted by molar-refractivity contribution is -0.144. The van der Waals surface area contributed by atoms with Gasteiger partial charge in [0.15, 0.2) is 0 Å². The second-order valence-corrected chi connectivity index (χ2v) is 13.0. The molecule has 1 saturated heterocycles. The molecule has 238 valence electrons. The molecule has 1 aromatic carbocycles. The minimum absolute atomic E-state index is 0.0704. The molecule has 10 nitrogen and oxygen atoms in total. The molecule has 0 spiro atoms. The zero-order chi connectivity index (χ0) is 32.2. The van der Waals surface area contributed by atoms with E-state index in [0.29, 0.717) is 25.8 Å². The first kappa shape index (κ1) is 33.0. The quantitative estimate of drug-likeness (QED) is 0.191. The summed E-state index contributed by atoms with van der Waals surface area (Å²) >= 11 is 0. The van der Waals surface area contributed by atoms with Crippen LogP contribution >= 0.6 is 0 Å². The van der Waals surface area contributed by atoms with Crippen molar-refractivity contribution in [1.82, 2.24) is 26.2 Å². The summed E-state index contributed by atoms with van der Waals surface area (Å²) in [6.07, 6.45) is 5.72. The summed E-state index contributed by atoms with van der Waals surface area (Å²) in [5, 5.41) is 11.2. The highest BCUT2D eigenvalue weighted by molar-refractivity contribution is 6.38. The third-order valence-electron chi connectivity index (χ3n) is 9.78. The predicted molar refractivity (Wildman–Crippen MR) is 168 cm³/mol. The molecule has 2 aliphatic carbocycles. The molecule has 10 heteroatoms. The molecule has 1 heterocycles. The van der Waals surface area contributed by atoms with Crippen LogP contribution in [0.2, 0.25) is 0 Å². The first-order chi connectivity index (χ1) is 20.9. The van der Waals surface area contributed by atoms with Gasteiger partial charge in [0.25, 0.3) is 5.91 Å². The van der Waals surface area contributed by atoms with Crippen LogP contribution in [0.1, 0.15) is 58.1 Å². The van der Waals surface area contributed by atoms with Gasteiger partial charge in [0.2, 0.25) is 17.6 Å². The van der Waals surface area contributed by atoms with Gasteiger partial charge >= 0.3 is 6.03 Å². The Kier molecular flexibility index (Phi) is 10.3. The second kappa shape index (κ2) is 13.8. The third-order valence-corrected chi connectivity index (χ3v) is 9.78. The highest BCUT2D eigenvalue weighted by Crippen LogP contribution is 2.65. The molecule has 0 radical (unpaired) electrons. The summed E-state index contributed by atoms with van der Waals surface area (Å²) in [6.45, 7) is 15.8. The van der Waals surface area contributed by atoms with Gasteiger partial charge in [-0.25, -0.2) is 4.79 Å². The Bertz CT molecular complexity index is 1280. The highest BCUT2D eigenvalue weighted by Gasteiger charge is 2.69. The highest BCUT2D eigenvalue weighted by atomic mass is 16.2. The number of likely N-dealkylation sites (tertiary alicyclic amines) is 1. The maximum Gasteiger partial charge on any atom is 0.315 e. The van der Waals surface area contributed by atoms with Crippen LogP contribution in [0.25, 0.3) is 0 Å². The molecule has 6 atom stereocenters. The first-order valence-corrected chi connectivity index (χ1v) is 15.7. The maximum atomic E-state index is 14.4. The summed E-state index contributed by atoms with van der Waals surface area (Å²) in [4.78, 5) is 68.6. The molecule has 4 N–H and O–H groups in total. The number of hydrogen-bond acceptors (Lipinski definition) is 5. The number of ketones is 1. The van der Waals surface area contributed by atoms with Crippen molar-refractivity contribution in [1.29, 1.82) is 0 Å². The van der Waals surface area contributed by atoms with Crippen LogP contribution in [0.5, 0.6) is 0 Å². The largest absolute Gasteiger partial charge is 0.346 e. The van der Waals surface area contributed by atoms with E-state index in [2.05, 4.69) is 48.3 Å². The molecule has 5 amide bonds. The molecule has 4 unspecified atom stereocenters. The number of hydrogen-bond donors (Lipinski definition) is 4. The van der Waals surface area contributed by atoms with E-state index in [4.69, 9.17) is 0 Å². The number of rotatable bonds is 14. The Morgan fingerprint density at radius 1 is 1.02 bits per heavy atom. The van der Waals surface area contributed by atoms with E-state index in [0.717, 1.165) is 17.5 Å². The normalized spacial score (nSPS) is 23.3. The number of nitrogens with one attached hydrogen (secondary N) is 4. The van der Waals surface area contributed by atoms with Crippen LogP contribution in [-0.4, -0.2) is 71.7 Å². The number of carbonyl (C=O) groups excluding carboxylic acids is 5. The summed E-state index contributed by atoms with van der Waals surface area (Å²) in [5.74, 6) is -2.50. The van der Waals surface area contributed by atoms with E-state index in [1.54, 1.807) is 11.0 Å². The zero-order valence-corrected chi connectivity index (χ0v) is 26.4. The van der Waals surface area contributed by atoms with Gasteiger partial charge in [0.05, 0.1) is 6.04 Å². The van der Waals surface area contributed by atoms with E-state index in [1.165, 1.54) is 6.08 Å². The Balaban J connectivity index is 1.58. The standard InChI is InChI=1S/C34H47N5O5/c1-7-10-15-25(29(40)31(42)35-16-8-2)37-30(41)28-26-24(34(26,5)6)19-39(28)32(43)27(38-33(44)36-20(4)9-3)23-17-21-13-11-12-14-22(21)18-23/h7-8,11-14,20,23-28H,1-2,9-10,15-19H2,3-6H3,(H,35,42)(H,37,41)(H2,36,38,44)/t20?,24?,25?,26?,27-,28-/m0/s1. The average Bonchev–Trinajstić information content (AvgIpc) is 3.37. The molecule has 1 aliphatic heterocycles. The number of carbonyl (C=O) groups is 5. The van der Waals surface area contributed by atoms with Crippen LogP contribution in [0, 0.1) is 23.2 Å². The minimum Gasteiger partial charge on any atom is -0.346 e. The van der Waals surface area contributed by atoms with Crippen LogP contribution in [0.4, 0.5) is 4.79 Å². The SMILES string of the molecule is C=CCCC(NC(=O)[C@@H]1C2C(CN1C(=O)[C@@H](NC(=O)NC(C)CC)C1Cc3ccccc3C1)C2(C)C)C(=O)C(=O)NCC=C. The van der Waals surface area contributed by atoms with Crippen LogP contribution in [0.15, 0.2) is 49.6 Å². The van der Waals surface area contributed by atoms with Gasteiger partial charge in [-0.3, -0.25) is 19.2 Å². The Morgan fingerprint density at radius 3 is 2.27 bits per heavy atom. The van der Waals surface area contributed by atoms with Crippen molar-refractivity contribution in [2.75, 3.05) is 13.1 Å². The number of urea groups is 1.